The summed E-state index contributed by atoms with van der Waals surface area (Å²) in [5, 5.41) is 9.59. The van der Waals surface area contributed by atoms with Crippen LogP contribution in [0, 0.1) is 0 Å². The number of ketones is 1. The zero-order chi connectivity index (χ0) is 18.6. The zero-order valence-corrected chi connectivity index (χ0v) is 15.5. The molecular weight excluding hydrogens is 362 g/mol. The molecule has 134 valence electrons. The Kier molecular flexibility index (Phi) is 5.93. The molecule has 1 amide bonds. The van der Waals surface area contributed by atoms with Crippen LogP contribution in [0.5, 0.6) is 0 Å². The number of nitrogens with two attached hydrogens (primary N) is 1. The summed E-state index contributed by atoms with van der Waals surface area (Å²) < 4.78 is 23.0. The molecule has 1 heterocycles. The van der Waals surface area contributed by atoms with Gasteiger partial charge in [0.15, 0.2) is 5.78 Å². The van der Waals surface area contributed by atoms with Crippen molar-refractivity contribution in [3.8, 4) is 0 Å². The summed E-state index contributed by atoms with van der Waals surface area (Å²) in [5.74, 6) is -0.476. The monoisotopic (exact) mass is 381 g/mol. The van der Waals surface area contributed by atoms with Crippen LogP contribution < -0.4 is 15.4 Å². The molecule has 0 saturated heterocycles. The number of rotatable bonds is 7. The van der Waals surface area contributed by atoms with Crippen molar-refractivity contribution in [3.63, 3.8) is 0 Å². The number of primary sulfonamides is 1. The third-order valence-corrected chi connectivity index (χ3v) is 5.25. The summed E-state index contributed by atoms with van der Waals surface area (Å²) in [4.78, 5) is 26.4. The number of benzene rings is 1. The van der Waals surface area contributed by atoms with Crippen LogP contribution in [0.1, 0.15) is 22.5 Å². The number of sulfonamides is 1. The molecule has 7 nitrogen and oxygen atoms in total. The van der Waals surface area contributed by atoms with E-state index >= 15 is 0 Å². The highest BCUT2D eigenvalue weighted by atomic mass is 32.2. The molecule has 3 N–H and O–H groups in total. The van der Waals surface area contributed by atoms with Crippen molar-refractivity contribution in [1.29, 1.82) is 0 Å². The van der Waals surface area contributed by atoms with Crippen molar-refractivity contribution in [1.82, 2.24) is 0 Å². The maximum Gasteiger partial charge on any atom is 0.238 e. The van der Waals surface area contributed by atoms with Gasteiger partial charge in [-0.3, -0.25) is 9.59 Å². The molecule has 0 aliphatic heterocycles. The van der Waals surface area contributed by atoms with E-state index in [1.165, 1.54) is 23.5 Å². The molecule has 1 aromatic carbocycles. The summed E-state index contributed by atoms with van der Waals surface area (Å²) in [6, 6.07) is 7.74. The standard InChI is InChI=1S/C16H19N3O4S2/c1-19(2)13-6-5-11(25(17,22)23)10-12(13)18-16(21)8-7-14(20)15-4-3-9-24-15/h3-6,9-10H,7-8H2,1-2H3,(H,18,21)(H2,17,22,23). The van der Waals surface area contributed by atoms with Crippen molar-refractivity contribution >= 4 is 44.4 Å². The second kappa shape index (κ2) is 7.77. The lowest BCUT2D eigenvalue weighted by atomic mass is 10.2. The summed E-state index contributed by atoms with van der Waals surface area (Å²) in [6.07, 6.45) is 0.0850. The number of carbonyl (C=O) groups is 2. The van der Waals surface area contributed by atoms with E-state index in [2.05, 4.69) is 5.32 Å². The molecule has 9 heteroatoms. The molecular formula is C16H19N3O4S2. The lowest BCUT2D eigenvalue weighted by Crippen LogP contribution is -2.19. The quantitative estimate of drug-likeness (QED) is 0.714. The summed E-state index contributed by atoms with van der Waals surface area (Å²) in [5.41, 5.74) is 0.954. The second-order valence-electron chi connectivity index (χ2n) is 5.57. The van der Waals surface area contributed by atoms with E-state index in [1.807, 2.05) is 0 Å². The third-order valence-electron chi connectivity index (χ3n) is 3.43. The van der Waals surface area contributed by atoms with Crippen LogP contribution in [0.4, 0.5) is 11.4 Å². The average Bonchev–Trinajstić information content (AvgIpc) is 3.06. The highest BCUT2D eigenvalue weighted by Gasteiger charge is 2.16. The molecule has 1 aromatic heterocycles. The van der Waals surface area contributed by atoms with E-state index in [0.717, 1.165) is 0 Å². The van der Waals surface area contributed by atoms with E-state index in [0.29, 0.717) is 16.3 Å². The largest absolute Gasteiger partial charge is 0.376 e. The van der Waals surface area contributed by atoms with Gasteiger partial charge in [0.05, 0.1) is 21.1 Å². The van der Waals surface area contributed by atoms with Gasteiger partial charge in [0.2, 0.25) is 15.9 Å². The predicted molar refractivity (Wildman–Crippen MR) is 98.7 cm³/mol. The molecule has 0 aliphatic carbocycles. The minimum Gasteiger partial charge on any atom is -0.376 e. The highest BCUT2D eigenvalue weighted by Crippen LogP contribution is 2.27. The van der Waals surface area contributed by atoms with E-state index in [4.69, 9.17) is 5.14 Å². The Morgan fingerprint density at radius 1 is 1.20 bits per heavy atom. The number of carbonyl (C=O) groups excluding carboxylic acids is 2. The smallest absolute Gasteiger partial charge is 0.238 e. The van der Waals surface area contributed by atoms with Gasteiger partial charge in [-0.1, -0.05) is 6.07 Å². The van der Waals surface area contributed by atoms with Gasteiger partial charge >= 0.3 is 0 Å². The van der Waals surface area contributed by atoms with E-state index in [1.54, 1.807) is 42.6 Å². The van der Waals surface area contributed by atoms with E-state index in [9.17, 15) is 18.0 Å². The van der Waals surface area contributed by atoms with Crippen LogP contribution in [0.3, 0.4) is 0 Å². The SMILES string of the molecule is CN(C)c1ccc(S(N)(=O)=O)cc1NC(=O)CCC(=O)c1cccs1. The number of amides is 1. The summed E-state index contributed by atoms with van der Waals surface area (Å²) >= 11 is 1.33. The van der Waals surface area contributed by atoms with Gasteiger partial charge in [-0.15, -0.1) is 11.3 Å². The van der Waals surface area contributed by atoms with Crippen molar-refractivity contribution in [2.24, 2.45) is 5.14 Å². The first-order valence-electron chi connectivity index (χ1n) is 7.39. The van der Waals surface area contributed by atoms with Crippen LogP contribution in [0.25, 0.3) is 0 Å². The summed E-state index contributed by atoms with van der Waals surface area (Å²) in [7, 11) is -0.350. The number of Topliss-reactive ketones (excluding diaryl/α,β-unsaturated/α-hetero) is 1. The molecule has 25 heavy (non-hydrogen) atoms. The van der Waals surface area contributed by atoms with E-state index in [-0.39, 0.29) is 29.4 Å². The topological polar surface area (TPSA) is 110 Å². The second-order valence-corrected chi connectivity index (χ2v) is 8.08. The average molecular weight is 381 g/mol. The molecule has 0 unspecified atom stereocenters. The van der Waals surface area contributed by atoms with Crippen LogP contribution >= 0.6 is 11.3 Å². The summed E-state index contributed by atoms with van der Waals surface area (Å²) in [6.45, 7) is 0. The van der Waals surface area contributed by atoms with Crippen LogP contribution in [0.15, 0.2) is 40.6 Å². The predicted octanol–water partition coefficient (Wildman–Crippen LogP) is 2.06. The lowest BCUT2D eigenvalue weighted by molar-refractivity contribution is -0.116. The van der Waals surface area contributed by atoms with Gasteiger partial charge in [0.25, 0.3) is 0 Å². The zero-order valence-electron chi connectivity index (χ0n) is 13.9. The van der Waals surface area contributed by atoms with Gasteiger partial charge < -0.3 is 10.2 Å². The van der Waals surface area contributed by atoms with Gasteiger partial charge in [-0.05, 0) is 29.6 Å². The highest BCUT2D eigenvalue weighted by molar-refractivity contribution is 7.89. The fraction of sp³-hybridized carbons (Fsp3) is 0.250. The Bertz CT molecular complexity index is 875. The molecule has 2 aromatic rings. The van der Waals surface area contributed by atoms with Crippen LogP contribution in [0.2, 0.25) is 0 Å². The van der Waals surface area contributed by atoms with E-state index < -0.39 is 10.0 Å². The molecule has 0 atom stereocenters. The number of nitrogens with one attached hydrogen (secondary N) is 1. The van der Waals surface area contributed by atoms with Crippen molar-refractivity contribution in [2.75, 3.05) is 24.3 Å². The maximum absolute atomic E-state index is 12.2. The minimum absolute atomic E-state index is 0.00318. The Morgan fingerprint density at radius 2 is 1.92 bits per heavy atom. The van der Waals surface area contributed by atoms with Crippen molar-refractivity contribution < 1.29 is 18.0 Å². The van der Waals surface area contributed by atoms with Crippen molar-refractivity contribution in [3.05, 3.63) is 40.6 Å². The fourth-order valence-electron chi connectivity index (χ4n) is 2.18. The van der Waals surface area contributed by atoms with Crippen LogP contribution in [-0.4, -0.2) is 34.2 Å². The van der Waals surface area contributed by atoms with Crippen molar-refractivity contribution in [2.45, 2.75) is 17.7 Å². The Labute approximate surface area is 150 Å². The third kappa shape index (κ3) is 5.12. The molecule has 0 spiro atoms. The molecule has 0 saturated carbocycles. The van der Waals surface area contributed by atoms with Crippen LogP contribution in [-0.2, 0) is 14.8 Å². The molecule has 0 aliphatic rings. The number of thiophene rings is 1. The Morgan fingerprint density at radius 3 is 2.48 bits per heavy atom. The molecule has 0 bridgehead atoms. The molecule has 0 fully saturated rings. The van der Waals surface area contributed by atoms with Gasteiger partial charge in [0.1, 0.15) is 0 Å². The Hall–Kier alpha value is -2.23. The number of hydrogen-bond donors (Lipinski definition) is 2. The van der Waals surface area contributed by atoms with Gasteiger partial charge in [-0.25, -0.2) is 13.6 Å². The number of anilines is 2. The minimum atomic E-state index is -3.88. The lowest BCUT2D eigenvalue weighted by Gasteiger charge is -2.18. The molecule has 2 rings (SSSR count). The van der Waals surface area contributed by atoms with Gasteiger partial charge in [-0.2, -0.15) is 0 Å². The first-order valence-corrected chi connectivity index (χ1v) is 9.82. The normalized spacial score (nSPS) is 11.2. The molecule has 0 radical (unpaired) electrons. The first kappa shape index (κ1) is 19.1. The maximum atomic E-state index is 12.2. The fourth-order valence-corrected chi connectivity index (χ4v) is 3.42. The Balaban J connectivity index is 2.12. The first-order chi connectivity index (χ1) is 11.7. The van der Waals surface area contributed by atoms with Gasteiger partial charge in [0, 0.05) is 26.9 Å². The number of nitrogens with zero attached hydrogens (tertiary/aromatic N) is 1. The number of hydrogen-bond acceptors (Lipinski definition) is 6.